The van der Waals surface area contributed by atoms with E-state index in [1.807, 2.05) is 38.1 Å². The number of benzene rings is 1. The highest BCUT2D eigenvalue weighted by molar-refractivity contribution is 7.99. The molecule has 0 fully saturated rings. The van der Waals surface area contributed by atoms with Crippen LogP contribution >= 0.6 is 23.1 Å². The van der Waals surface area contributed by atoms with Gasteiger partial charge in [-0.05, 0) is 38.5 Å². The number of aromatic nitrogens is 3. The third-order valence-corrected chi connectivity index (χ3v) is 5.47. The van der Waals surface area contributed by atoms with Crippen molar-refractivity contribution in [3.05, 3.63) is 46.7 Å². The highest BCUT2D eigenvalue weighted by Crippen LogP contribution is 2.22. The predicted octanol–water partition coefficient (Wildman–Crippen LogP) is 3.54. The minimum Gasteiger partial charge on any atom is -0.355 e. The maximum absolute atomic E-state index is 11.9. The number of hydrogen-bond acceptors (Lipinski definition) is 6. The van der Waals surface area contributed by atoms with Gasteiger partial charge in [0.15, 0.2) is 5.16 Å². The van der Waals surface area contributed by atoms with E-state index in [2.05, 4.69) is 26.3 Å². The van der Waals surface area contributed by atoms with Crippen molar-refractivity contribution >= 4 is 39.2 Å². The molecule has 5 nitrogen and oxygen atoms in total. The van der Waals surface area contributed by atoms with Crippen LogP contribution in [0.1, 0.15) is 22.8 Å². The number of rotatable bonds is 7. The summed E-state index contributed by atoms with van der Waals surface area (Å²) in [6, 6.07) is 10.1. The van der Waals surface area contributed by atoms with Gasteiger partial charge in [0.25, 0.3) is 0 Å². The normalized spacial score (nSPS) is 11.0. The average Bonchev–Trinajstić information content (AvgIpc) is 2.99. The van der Waals surface area contributed by atoms with Crippen molar-refractivity contribution in [2.24, 2.45) is 0 Å². The van der Waals surface area contributed by atoms with E-state index >= 15 is 0 Å². The molecule has 0 aliphatic rings. The number of para-hydroxylation sites is 1. The Morgan fingerprint density at radius 1 is 1.16 bits per heavy atom. The monoisotopic (exact) mass is 372 g/mol. The molecule has 0 saturated heterocycles. The maximum atomic E-state index is 11.9. The van der Waals surface area contributed by atoms with Crippen LogP contribution in [0, 0.1) is 13.8 Å². The Morgan fingerprint density at radius 3 is 2.68 bits per heavy atom. The summed E-state index contributed by atoms with van der Waals surface area (Å²) in [5.74, 6) is 0.348. The van der Waals surface area contributed by atoms with Crippen molar-refractivity contribution in [1.29, 1.82) is 0 Å². The molecule has 0 spiro atoms. The number of thiazole rings is 1. The van der Waals surface area contributed by atoms with Crippen LogP contribution in [0.2, 0.25) is 0 Å². The standard InChI is InChI=1S/C18H20N4OS2/c1-12-10-13(2)21-18(20-12)24-11-16(23)19-9-5-8-17-22-14-6-3-4-7-15(14)25-17/h3-4,6-7,10H,5,8-9,11H2,1-2H3,(H,19,23). The summed E-state index contributed by atoms with van der Waals surface area (Å²) in [5.41, 5.74) is 2.90. The van der Waals surface area contributed by atoms with E-state index < -0.39 is 0 Å². The highest BCUT2D eigenvalue weighted by Gasteiger charge is 2.07. The van der Waals surface area contributed by atoms with Crippen LogP contribution in [0.5, 0.6) is 0 Å². The van der Waals surface area contributed by atoms with Crippen LogP contribution in [0.25, 0.3) is 10.2 Å². The first-order valence-electron chi connectivity index (χ1n) is 8.16. The van der Waals surface area contributed by atoms with Crippen molar-refractivity contribution in [2.75, 3.05) is 12.3 Å². The maximum Gasteiger partial charge on any atom is 0.230 e. The number of aryl methyl sites for hydroxylation is 3. The van der Waals surface area contributed by atoms with Gasteiger partial charge in [-0.2, -0.15) is 0 Å². The molecule has 3 aromatic rings. The van der Waals surface area contributed by atoms with Gasteiger partial charge in [-0.3, -0.25) is 4.79 Å². The van der Waals surface area contributed by atoms with E-state index in [9.17, 15) is 4.79 Å². The lowest BCUT2D eigenvalue weighted by atomic mass is 10.3. The fourth-order valence-corrected chi connectivity index (χ4v) is 4.22. The molecule has 0 aliphatic heterocycles. The minimum atomic E-state index is 0.0112. The number of fused-ring (bicyclic) bond motifs is 1. The first-order chi connectivity index (χ1) is 12.1. The van der Waals surface area contributed by atoms with E-state index in [4.69, 9.17) is 0 Å². The van der Waals surface area contributed by atoms with Crippen molar-refractivity contribution in [2.45, 2.75) is 31.8 Å². The Bertz CT molecular complexity index is 825. The fourth-order valence-electron chi connectivity index (χ4n) is 2.43. The Labute approximate surface area is 155 Å². The summed E-state index contributed by atoms with van der Waals surface area (Å²) in [5, 5.41) is 4.72. The SMILES string of the molecule is Cc1cc(C)nc(SCC(=O)NCCCc2nc3ccccc3s2)n1. The molecule has 0 saturated carbocycles. The molecule has 2 aromatic heterocycles. The first kappa shape index (κ1) is 17.8. The zero-order chi connectivity index (χ0) is 17.6. The smallest absolute Gasteiger partial charge is 0.230 e. The van der Waals surface area contributed by atoms with Crippen LogP contribution in [0.4, 0.5) is 0 Å². The van der Waals surface area contributed by atoms with Crippen LogP contribution in [0.3, 0.4) is 0 Å². The predicted molar refractivity (Wildman–Crippen MR) is 103 cm³/mol. The summed E-state index contributed by atoms with van der Waals surface area (Å²) >= 11 is 3.09. The quantitative estimate of drug-likeness (QED) is 0.390. The summed E-state index contributed by atoms with van der Waals surface area (Å²) in [6.45, 7) is 4.52. The Hall–Kier alpha value is -1.99. The highest BCUT2D eigenvalue weighted by atomic mass is 32.2. The van der Waals surface area contributed by atoms with Crippen molar-refractivity contribution in [3.8, 4) is 0 Å². The summed E-state index contributed by atoms with van der Waals surface area (Å²) in [4.78, 5) is 25.2. The Morgan fingerprint density at radius 2 is 1.92 bits per heavy atom. The summed E-state index contributed by atoms with van der Waals surface area (Å²) in [6.07, 6.45) is 1.77. The molecule has 1 N–H and O–H groups in total. The first-order valence-corrected chi connectivity index (χ1v) is 9.96. The molecular formula is C18H20N4OS2. The number of thioether (sulfide) groups is 1. The summed E-state index contributed by atoms with van der Waals surface area (Å²) in [7, 11) is 0. The molecule has 3 rings (SSSR count). The van der Waals surface area contributed by atoms with E-state index in [0.717, 1.165) is 34.8 Å². The number of hydrogen-bond donors (Lipinski definition) is 1. The van der Waals surface area contributed by atoms with Gasteiger partial charge < -0.3 is 5.32 Å². The van der Waals surface area contributed by atoms with E-state index in [1.165, 1.54) is 16.5 Å². The van der Waals surface area contributed by atoms with Crippen LogP contribution in [-0.2, 0) is 11.2 Å². The third-order valence-electron chi connectivity index (χ3n) is 3.52. The van der Waals surface area contributed by atoms with E-state index in [1.54, 1.807) is 11.3 Å². The lowest BCUT2D eigenvalue weighted by Crippen LogP contribution is -2.26. The molecule has 0 unspecified atom stereocenters. The molecule has 1 amide bonds. The van der Waals surface area contributed by atoms with Crippen molar-refractivity contribution in [3.63, 3.8) is 0 Å². The molecule has 0 bridgehead atoms. The largest absolute Gasteiger partial charge is 0.355 e. The lowest BCUT2D eigenvalue weighted by molar-refractivity contribution is -0.118. The van der Waals surface area contributed by atoms with Crippen LogP contribution in [0.15, 0.2) is 35.5 Å². The van der Waals surface area contributed by atoms with Gasteiger partial charge in [-0.1, -0.05) is 23.9 Å². The molecule has 0 aliphatic carbocycles. The van der Waals surface area contributed by atoms with Gasteiger partial charge in [0, 0.05) is 24.4 Å². The molecule has 25 heavy (non-hydrogen) atoms. The van der Waals surface area contributed by atoms with E-state index in [0.29, 0.717) is 17.5 Å². The topological polar surface area (TPSA) is 67.8 Å². The van der Waals surface area contributed by atoms with Gasteiger partial charge in [0.1, 0.15) is 0 Å². The van der Waals surface area contributed by atoms with E-state index in [-0.39, 0.29) is 5.91 Å². The van der Waals surface area contributed by atoms with Crippen LogP contribution < -0.4 is 5.32 Å². The number of nitrogens with one attached hydrogen (secondary N) is 1. The lowest BCUT2D eigenvalue weighted by Gasteiger charge is -2.05. The second-order valence-electron chi connectivity index (χ2n) is 5.75. The van der Waals surface area contributed by atoms with Gasteiger partial charge in [-0.15, -0.1) is 11.3 Å². The van der Waals surface area contributed by atoms with Gasteiger partial charge >= 0.3 is 0 Å². The van der Waals surface area contributed by atoms with Gasteiger partial charge in [-0.25, -0.2) is 15.0 Å². The third kappa shape index (κ3) is 5.24. The summed E-state index contributed by atoms with van der Waals surface area (Å²) < 4.78 is 1.21. The molecule has 2 heterocycles. The fraction of sp³-hybridized carbons (Fsp3) is 0.333. The van der Waals surface area contributed by atoms with Gasteiger partial charge in [0.2, 0.25) is 5.91 Å². The van der Waals surface area contributed by atoms with Gasteiger partial charge in [0.05, 0.1) is 21.0 Å². The molecular weight excluding hydrogens is 352 g/mol. The Kier molecular flexibility index (Phi) is 5.99. The number of carbonyl (C=O) groups is 1. The molecule has 130 valence electrons. The number of nitrogens with zero attached hydrogens (tertiary/aromatic N) is 3. The average molecular weight is 373 g/mol. The molecule has 7 heteroatoms. The number of amides is 1. The number of carbonyl (C=O) groups excluding carboxylic acids is 1. The zero-order valence-corrected chi connectivity index (χ0v) is 15.9. The molecule has 1 aromatic carbocycles. The zero-order valence-electron chi connectivity index (χ0n) is 14.3. The van der Waals surface area contributed by atoms with Crippen molar-refractivity contribution in [1.82, 2.24) is 20.3 Å². The molecule has 0 radical (unpaired) electrons. The minimum absolute atomic E-state index is 0.0112. The molecule has 0 atom stereocenters. The second-order valence-corrected chi connectivity index (χ2v) is 7.81. The van der Waals surface area contributed by atoms with Crippen LogP contribution in [-0.4, -0.2) is 33.2 Å². The van der Waals surface area contributed by atoms with Crippen molar-refractivity contribution < 1.29 is 4.79 Å². The second kappa shape index (κ2) is 8.40. The Balaban J connectivity index is 1.39.